The number of nitrogens with zero attached hydrogens (tertiary/aromatic N) is 1. The van der Waals surface area contributed by atoms with E-state index in [4.69, 9.17) is 4.74 Å². The first kappa shape index (κ1) is 12.5. The molecule has 0 bridgehead atoms. The molecule has 1 aliphatic heterocycles. The highest BCUT2D eigenvalue weighted by Crippen LogP contribution is 2.28. The Kier molecular flexibility index (Phi) is 4.14. The van der Waals surface area contributed by atoms with E-state index >= 15 is 0 Å². The number of hydrogen-bond acceptors (Lipinski definition) is 2. The molecule has 0 aromatic rings. The highest BCUT2D eigenvalue weighted by molar-refractivity contribution is 5.82. The van der Waals surface area contributed by atoms with Crippen molar-refractivity contribution in [3.05, 3.63) is 0 Å². The van der Waals surface area contributed by atoms with Gasteiger partial charge in [-0.25, -0.2) is 0 Å². The van der Waals surface area contributed by atoms with Gasteiger partial charge in [-0.1, -0.05) is 27.7 Å². The topological polar surface area (TPSA) is 29.5 Å². The Labute approximate surface area is 92.8 Å². The third-order valence-electron chi connectivity index (χ3n) is 2.80. The summed E-state index contributed by atoms with van der Waals surface area (Å²) in [5, 5.41) is 0. The number of carbonyl (C=O) groups is 1. The molecule has 0 atom stereocenters. The first-order valence-electron chi connectivity index (χ1n) is 5.80. The van der Waals surface area contributed by atoms with Crippen molar-refractivity contribution in [2.75, 3.05) is 26.3 Å². The molecule has 0 aromatic heterocycles. The van der Waals surface area contributed by atoms with Crippen molar-refractivity contribution in [2.24, 2.45) is 11.3 Å². The van der Waals surface area contributed by atoms with Crippen LogP contribution >= 0.6 is 0 Å². The molecule has 15 heavy (non-hydrogen) atoms. The molecule has 0 radical (unpaired) electrons. The van der Waals surface area contributed by atoms with Crippen molar-refractivity contribution in [2.45, 2.75) is 34.1 Å². The van der Waals surface area contributed by atoms with Crippen LogP contribution in [-0.4, -0.2) is 37.1 Å². The fraction of sp³-hybridized carbons (Fsp3) is 0.917. The summed E-state index contributed by atoms with van der Waals surface area (Å²) in [6, 6.07) is 0. The summed E-state index contributed by atoms with van der Waals surface area (Å²) >= 11 is 0. The van der Waals surface area contributed by atoms with Crippen LogP contribution < -0.4 is 0 Å². The fourth-order valence-corrected chi connectivity index (χ4v) is 2.30. The molecule has 0 saturated carbocycles. The molecule has 0 aromatic carbocycles. The number of hydrogen-bond donors (Lipinski definition) is 0. The minimum atomic E-state index is -0.231. The maximum absolute atomic E-state index is 12.2. The lowest BCUT2D eigenvalue weighted by Gasteiger charge is -2.35. The van der Waals surface area contributed by atoms with Gasteiger partial charge >= 0.3 is 0 Å². The van der Waals surface area contributed by atoms with Gasteiger partial charge in [0, 0.05) is 18.5 Å². The normalized spacial score (nSPS) is 18.3. The van der Waals surface area contributed by atoms with Gasteiger partial charge in [-0.2, -0.15) is 0 Å². The number of carbonyl (C=O) groups excluding carboxylic acids is 1. The van der Waals surface area contributed by atoms with Crippen molar-refractivity contribution in [1.29, 1.82) is 0 Å². The summed E-state index contributed by atoms with van der Waals surface area (Å²) in [7, 11) is 0. The first-order valence-corrected chi connectivity index (χ1v) is 5.80. The molecule has 0 aliphatic carbocycles. The number of morpholine rings is 1. The Bertz CT molecular complexity index is 218. The molecule has 0 N–H and O–H groups in total. The summed E-state index contributed by atoms with van der Waals surface area (Å²) in [6.45, 7) is 11.3. The van der Waals surface area contributed by atoms with Gasteiger partial charge in [0.1, 0.15) is 0 Å². The molecule has 0 unspecified atom stereocenters. The van der Waals surface area contributed by atoms with E-state index in [0.29, 0.717) is 19.1 Å². The molecule has 3 nitrogen and oxygen atoms in total. The van der Waals surface area contributed by atoms with Crippen molar-refractivity contribution in [1.82, 2.24) is 4.90 Å². The predicted octanol–water partition coefficient (Wildman–Crippen LogP) is 1.92. The van der Waals surface area contributed by atoms with Crippen LogP contribution in [0.2, 0.25) is 0 Å². The summed E-state index contributed by atoms with van der Waals surface area (Å²) in [4.78, 5) is 14.2. The van der Waals surface area contributed by atoms with E-state index in [2.05, 4.69) is 13.8 Å². The minimum Gasteiger partial charge on any atom is -0.378 e. The van der Waals surface area contributed by atoms with Crippen LogP contribution in [0.1, 0.15) is 34.1 Å². The molecular weight excluding hydrogens is 190 g/mol. The fourth-order valence-electron chi connectivity index (χ4n) is 2.30. The molecule has 3 heteroatoms. The second kappa shape index (κ2) is 4.97. The lowest BCUT2D eigenvalue weighted by molar-refractivity contribution is -0.145. The Hall–Kier alpha value is -0.570. The maximum Gasteiger partial charge on any atom is 0.228 e. The number of ether oxygens (including phenoxy) is 1. The SMILES string of the molecule is CC(C)CC(C)(C)C(=O)N1CCOCC1. The largest absolute Gasteiger partial charge is 0.378 e. The maximum atomic E-state index is 12.2. The van der Waals surface area contributed by atoms with Crippen molar-refractivity contribution < 1.29 is 9.53 Å². The molecule has 88 valence electrons. The summed E-state index contributed by atoms with van der Waals surface area (Å²) in [5.41, 5.74) is -0.231. The summed E-state index contributed by atoms with van der Waals surface area (Å²) in [5.74, 6) is 0.837. The zero-order valence-electron chi connectivity index (χ0n) is 10.4. The monoisotopic (exact) mass is 213 g/mol. The molecule has 1 rings (SSSR count). The van der Waals surface area contributed by atoms with E-state index in [1.807, 2.05) is 18.7 Å². The van der Waals surface area contributed by atoms with Gasteiger partial charge in [0.05, 0.1) is 13.2 Å². The molecule has 1 fully saturated rings. The number of rotatable bonds is 3. The Morgan fingerprint density at radius 1 is 1.33 bits per heavy atom. The standard InChI is InChI=1S/C12H23NO2/c1-10(2)9-12(3,4)11(14)13-5-7-15-8-6-13/h10H,5-9H2,1-4H3. The van der Waals surface area contributed by atoms with Gasteiger partial charge in [-0.3, -0.25) is 4.79 Å². The summed E-state index contributed by atoms with van der Waals surface area (Å²) in [6.07, 6.45) is 0.948. The van der Waals surface area contributed by atoms with Gasteiger partial charge in [0.15, 0.2) is 0 Å². The zero-order valence-corrected chi connectivity index (χ0v) is 10.4. The van der Waals surface area contributed by atoms with E-state index in [0.717, 1.165) is 19.5 Å². The predicted molar refractivity (Wildman–Crippen MR) is 60.6 cm³/mol. The average Bonchev–Trinajstić information content (AvgIpc) is 2.16. The number of amides is 1. The van der Waals surface area contributed by atoms with Gasteiger partial charge in [-0.15, -0.1) is 0 Å². The van der Waals surface area contributed by atoms with Crippen LogP contribution in [0, 0.1) is 11.3 Å². The van der Waals surface area contributed by atoms with E-state index in [1.54, 1.807) is 0 Å². The smallest absolute Gasteiger partial charge is 0.228 e. The molecule has 1 amide bonds. The van der Waals surface area contributed by atoms with Crippen LogP contribution in [0.3, 0.4) is 0 Å². The van der Waals surface area contributed by atoms with Crippen molar-refractivity contribution >= 4 is 5.91 Å². The zero-order chi connectivity index (χ0) is 11.5. The average molecular weight is 213 g/mol. The van der Waals surface area contributed by atoms with Crippen LogP contribution in [-0.2, 0) is 9.53 Å². The highest BCUT2D eigenvalue weighted by Gasteiger charge is 2.33. The third-order valence-corrected chi connectivity index (χ3v) is 2.80. The second-order valence-corrected chi connectivity index (χ2v) is 5.39. The van der Waals surface area contributed by atoms with E-state index in [1.165, 1.54) is 0 Å². The Morgan fingerprint density at radius 3 is 2.33 bits per heavy atom. The van der Waals surface area contributed by atoms with Crippen molar-refractivity contribution in [3.63, 3.8) is 0 Å². The van der Waals surface area contributed by atoms with Gasteiger partial charge < -0.3 is 9.64 Å². The van der Waals surface area contributed by atoms with E-state index in [-0.39, 0.29) is 11.3 Å². The molecule has 1 heterocycles. The van der Waals surface area contributed by atoms with Crippen LogP contribution in [0.25, 0.3) is 0 Å². The molecular formula is C12H23NO2. The van der Waals surface area contributed by atoms with Gasteiger partial charge in [0.2, 0.25) is 5.91 Å². The first-order chi connectivity index (χ1) is 6.93. The van der Waals surface area contributed by atoms with Crippen LogP contribution in [0.5, 0.6) is 0 Å². The molecule has 1 aliphatic rings. The van der Waals surface area contributed by atoms with Crippen LogP contribution in [0.4, 0.5) is 0 Å². The molecule has 1 saturated heterocycles. The van der Waals surface area contributed by atoms with E-state index in [9.17, 15) is 4.79 Å². The second-order valence-electron chi connectivity index (χ2n) is 5.39. The quantitative estimate of drug-likeness (QED) is 0.717. The van der Waals surface area contributed by atoms with Gasteiger partial charge in [-0.05, 0) is 12.3 Å². The third kappa shape index (κ3) is 3.49. The van der Waals surface area contributed by atoms with Gasteiger partial charge in [0.25, 0.3) is 0 Å². The molecule has 0 spiro atoms. The Balaban J connectivity index is 2.56. The van der Waals surface area contributed by atoms with Crippen molar-refractivity contribution in [3.8, 4) is 0 Å². The van der Waals surface area contributed by atoms with Crippen LogP contribution in [0.15, 0.2) is 0 Å². The lowest BCUT2D eigenvalue weighted by atomic mass is 9.82. The Morgan fingerprint density at radius 2 is 1.87 bits per heavy atom. The highest BCUT2D eigenvalue weighted by atomic mass is 16.5. The summed E-state index contributed by atoms with van der Waals surface area (Å²) < 4.78 is 5.25. The lowest BCUT2D eigenvalue weighted by Crippen LogP contribution is -2.47. The minimum absolute atomic E-state index is 0.231. The van der Waals surface area contributed by atoms with E-state index < -0.39 is 0 Å².